The largest absolute Gasteiger partial charge is 0.458 e. The Balaban J connectivity index is 3.11. The second-order valence-electron chi connectivity index (χ2n) is 9.11. The van der Waals surface area contributed by atoms with Gasteiger partial charge in [-0.05, 0) is 27.2 Å². The van der Waals surface area contributed by atoms with Crippen molar-refractivity contribution in [2.75, 3.05) is 39.6 Å². The van der Waals surface area contributed by atoms with Crippen molar-refractivity contribution < 1.29 is 23.7 Å². The predicted molar refractivity (Wildman–Crippen MR) is 124 cm³/mol. The molecule has 0 aliphatic heterocycles. The lowest BCUT2D eigenvalue weighted by atomic mass is 10.0. The van der Waals surface area contributed by atoms with Gasteiger partial charge in [0, 0.05) is 6.61 Å². The molecule has 5 heteroatoms. The Morgan fingerprint density at radius 3 is 1.43 bits per heavy atom. The van der Waals surface area contributed by atoms with Gasteiger partial charge in [-0.25, -0.2) is 4.79 Å². The normalized spacial score (nSPS) is 11.7. The van der Waals surface area contributed by atoms with Crippen LogP contribution in [0.1, 0.15) is 111 Å². The third-order valence-electron chi connectivity index (χ3n) is 4.78. The van der Waals surface area contributed by atoms with Gasteiger partial charge < -0.3 is 18.9 Å². The van der Waals surface area contributed by atoms with Gasteiger partial charge in [-0.3, -0.25) is 0 Å². The monoisotopic (exact) mass is 430 g/mol. The predicted octanol–water partition coefficient (Wildman–Crippen LogP) is 6.47. The first kappa shape index (κ1) is 29.4. The minimum atomic E-state index is -0.471. The number of rotatable bonds is 22. The topological polar surface area (TPSA) is 54.0 Å². The van der Waals surface area contributed by atoms with Gasteiger partial charge in [0.25, 0.3) is 0 Å². The molecule has 30 heavy (non-hydrogen) atoms. The fraction of sp³-hybridized carbons (Fsp3) is 0.960. The minimum absolute atomic E-state index is 0.0316. The summed E-state index contributed by atoms with van der Waals surface area (Å²) >= 11 is 0. The van der Waals surface area contributed by atoms with E-state index in [1.54, 1.807) is 0 Å². The summed E-state index contributed by atoms with van der Waals surface area (Å²) in [5, 5.41) is 0. The Kier molecular flexibility index (Phi) is 21.1. The highest BCUT2D eigenvalue weighted by atomic mass is 16.6. The summed E-state index contributed by atoms with van der Waals surface area (Å²) in [6, 6.07) is 0. The maximum atomic E-state index is 11.5. The molecule has 0 aromatic heterocycles. The zero-order valence-corrected chi connectivity index (χ0v) is 20.5. The van der Waals surface area contributed by atoms with Crippen LogP contribution in [0.5, 0.6) is 0 Å². The van der Waals surface area contributed by atoms with Crippen molar-refractivity contribution in [1.29, 1.82) is 0 Å². The highest BCUT2D eigenvalue weighted by molar-refractivity contribution is 5.71. The van der Waals surface area contributed by atoms with Crippen LogP contribution in [0.25, 0.3) is 0 Å². The summed E-state index contributed by atoms with van der Waals surface area (Å²) in [6.45, 7) is 10.6. The SMILES string of the molecule is CCCCCCCCCCCCCCCOCCOCCOCC(=O)OC(C)(C)C. The Hall–Kier alpha value is -0.650. The number of esters is 1. The van der Waals surface area contributed by atoms with Crippen LogP contribution in [0, 0.1) is 0 Å². The van der Waals surface area contributed by atoms with Crippen LogP contribution in [-0.2, 0) is 23.7 Å². The quantitative estimate of drug-likeness (QED) is 0.145. The van der Waals surface area contributed by atoms with Gasteiger partial charge in [-0.2, -0.15) is 0 Å². The summed E-state index contributed by atoms with van der Waals surface area (Å²) in [5.41, 5.74) is -0.471. The van der Waals surface area contributed by atoms with Crippen LogP contribution >= 0.6 is 0 Å². The molecule has 0 saturated carbocycles. The van der Waals surface area contributed by atoms with Gasteiger partial charge in [0.1, 0.15) is 12.2 Å². The third-order valence-corrected chi connectivity index (χ3v) is 4.78. The van der Waals surface area contributed by atoms with E-state index in [-0.39, 0.29) is 12.6 Å². The molecule has 0 radical (unpaired) electrons. The van der Waals surface area contributed by atoms with Crippen molar-refractivity contribution in [1.82, 2.24) is 0 Å². The smallest absolute Gasteiger partial charge is 0.332 e. The summed E-state index contributed by atoms with van der Waals surface area (Å²) in [4.78, 5) is 11.5. The molecule has 0 amide bonds. The number of unbranched alkanes of at least 4 members (excludes halogenated alkanes) is 12. The van der Waals surface area contributed by atoms with E-state index in [0.717, 1.165) is 13.0 Å². The highest BCUT2D eigenvalue weighted by Gasteiger charge is 2.15. The Morgan fingerprint density at radius 2 is 0.967 bits per heavy atom. The summed E-state index contributed by atoms with van der Waals surface area (Å²) in [6.07, 6.45) is 17.8. The highest BCUT2D eigenvalue weighted by Crippen LogP contribution is 2.12. The van der Waals surface area contributed by atoms with Gasteiger partial charge in [0.15, 0.2) is 0 Å². The van der Waals surface area contributed by atoms with Crippen LogP contribution in [0.3, 0.4) is 0 Å². The van der Waals surface area contributed by atoms with Gasteiger partial charge >= 0.3 is 5.97 Å². The second-order valence-corrected chi connectivity index (χ2v) is 9.11. The summed E-state index contributed by atoms with van der Waals surface area (Å²) < 4.78 is 21.4. The van der Waals surface area contributed by atoms with Crippen molar-refractivity contribution in [3.05, 3.63) is 0 Å². The molecule has 0 saturated heterocycles. The number of ether oxygens (including phenoxy) is 4. The van der Waals surface area contributed by atoms with Crippen LogP contribution in [0.4, 0.5) is 0 Å². The van der Waals surface area contributed by atoms with E-state index in [1.165, 1.54) is 77.0 Å². The number of carbonyl (C=O) groups is 1. The first-order chi connectivity index (χ1) is 14.5. The zero-order valence-electron chi connectivity index (χ0n) is 20.5. The molecular weight excluding hydrogens is 380 g/mol. The Bertz CT molecular complexity index is 365. The van der Waals surface area contributed by atoms with Crippen molar-refractivity contribution in [3.63, 3.8) is 0 Å². The fourth-order valence-corrected chi connectivity index (χ4v) is 3.19. The van der Waals surface area contributed by atoms with Crippen LogP contribution in [-0.4, -0.2) is 51.2 Å². The van der Waals surface area contributed by atoms with Crippen LogP contribution in [0.2, 0.25) is 0 Å². The third kappa shape index (κ3) is 25.4. The van der Waals surface area contributed by atoms with E-state index in [4.69, 9.17) is 18.9 Å². The standard InChI is InChI=1S/C25H50O5/c1-5-6-7-8-9-10-11-12-13-14-15-16-17-18-27-19-20-28-21-22-29-23-24(26)30-25(2,3)4/h5-23H2,1-4H3. The van der Waals surface area contributed by atoms with E-state index < -0.39 is 5.60 Å². The van der Waals surface area contributed by atoms with Gasteiger partial charge in [0.05, 0.1) is 26.4 Å². The Morgan fingerprint density at radius 1 is 0.567 bits per heavy atom. The number of hydrogen-bond acceptors (Lipinski definition) is 5. The van der Waals surface area contributed by atoms with E-state index in [0.29, 0.717) is 26.4 Å². The summed E-state index contributed by atoms with van der Waals surface area (Å²) in [7, 11) is 0. The van der Waals surface area contributed by atoms with Gasteiger partial charge in [-0.15, -0.1) is 0 Å². The Labute approximate surface area is 186 Å². The molecular formula is C25H50O5. The van der Waals surface area contributed by atoms with Gasteiger partial charge in [0.2, 0.25) is 0 Å². The lowest BCUT2D eigenvalue weighted by Gasteiger charge is -2.19. The van der Waals surface area contributed by atoms with Crippen molar-refractivity contribution in [2.45, 2.75) is 117 Å². The van der Waals surface area contributed by atoms with Gasteiger partial charge in [-0.1, -0.05) is 84.0 Å². The molecule has 180 valence electrons. The molecule has 0 aliphatic carbocycles. The molecule has 0 spiro atoms. The lowest BCUT2D eigenvalue weighted by molar-refractivity contribution is -0.160. The maximum Gasteiger partial charge on any atom is 0.332 e. The average Bonchev–Trinajstić information content (AvgIpc) is 2.68. The molecule has 0 N–H and O–H groups in total. The number of hydrogen-bond donors (Lipinski definition) is 0. The first-order valence-electron chi connectivity index (χ1n) is 12.4. The van der Waals surface area contributed by atoms with E-state index in [2.05, 4.69) is 6.92 Å². The molecule has 0 heterocycles. The van der Waals surface area contributed by atoms with Crippen molar-refractivity contribution >= 4 is 5.97 Å². The van der Waals surface area contributed by atoms with E-state index >= 15 is 0 Å². The van der Waals surface area contributed by atoms with E-state index in [1.807, 2.05) is 20.8 Å². The van der Waals surface area contributed by atoms with Crippen LogP contribution in [0.15, 0.2) is 0 Å². The average molecular weight is 431 g/mol. The fourth-order valence-electron chi connectivity index (χ4n) is 3.19. The molecule has 5 nitrogen and oxygen atoms in total. The zero-order chi connectivity index (χ0) is 22.3. The van der Waals surface area contributed by atoms with Crippen LogP contribution < -0.4 is 0 Å². The van der Waals surface area contributed by atoms with E-state index in [9.17, 15) is 4.79 Å². The van der Waals surface area contributed by atoms with Crippen molar-refractivity contribution in [2.24, 2.45) is 0 Å². The lowest BCUT2D eigenvalue weighted by Crippen LogP contribution is -2.27. The molecule has 0 bridgehead atoms. The molecule has 0 aromatic rings. The number of carbonyl (C=O) groups excluding carboxylic acids is 1. The molecule has 0 atom stereocenters. The molecule has 0 aromatic carbocycles. The molecule has 0 aliphatic rings. The molecule has 0 unspecified atom stereocenters. The second kappa shape index (κ2) is 21.6. The molecule has 0 fully saturated rings. The maximum absolute atomic E-state index is 11.5. The molecule has 0 rings (SSSR count). The summed E-state index contributed by atoms with van der Waals surface area (Å²) in [5.74, 6) is -0.344. The first-order valence-corrected chi connectivity index (χ1v) is 12.4. The van der Waals surface area contributed by atoms with Crippen molar-refractivity contribution in [3.8, 4) is 0 Å². The minimum Gasteiger partial charge on any atom is -0.458 e.